The number of amidine groups is 1. The first kappa shape index (κ1) is 16.0. The number of hydrogen-bond acceptors (Lipinski definition) is 7. The van der Waals surface area contributed by atoms with E-state index in [4.69, 9.17) is 10.5 Å². The van der Waals surface area contributed by atoms with E-state index in [0.29, 0.717) is 5.75 Å². The van der Waals surface area contributed by atoms with E-state index in [1.54, 1.807) is 30.3 Å². The molecule has 2 N–H and O–H groups in total. The van der Waals surface area contributed by atoms with Gasteiger partial charge in [0.05, 0.1) is 17.0 Å². The lowest BCUT2D eigenvalue weighted by Gasteiger charge is -2.18. The highest BCUT2D eigenvalue weighted by Crippen LogP contribution is 2.33. The molecule has 2 aromatic carbocycles. The van der Waals surface area contributed by atoms with Crippen LogP contribution >= 0.6 is 0 Å². The van der Waals surface area contributed by atoms with Crippen molar-refractivity contribution in [1.29, 1.82) is 0 Å². The molecular weight excluding hydrogens is 334 g/mol. The van der Waals surface area contributed by atoms with Gasteiger partial charge in [0.25, 0.3) is 5.91 Å². The van der Waals surface area contributed by atoms with Gasteiger partial charge < -0.3 is 15.0 Å². The molecular formula is C15H12N3O5S-. The van der Waals surface area contributed by atoms with Crippen LogP contribution in [0.3, 0.4) is 0 Å². The van der Waals surface area contributed by atoms with Crippen LogP contribution in [0, 0.1) is 0 Å². The summed E-state index contributed by atoms with van der Waals surface area (Å²) in [7, 11) is -4.83. The van der Waals surface area contributed by atoms with Gasteiger partial charge in [0, 0.05) is 0 Å². The van der Waals surface area contributed by atoms with Crippen molar-refractivity contribution in [3.63, 3.8) is 0 Å². The Bertz CT molecular complexity index is 925. The Hall–Kier alpha value is -2.91. The summed E-state index contributed by atoms with van der Waals surface area (Å²) >= 11 is 0. The van der Waals surface area contributed by atoms with Crippen LogP contribution in [0.15, 0.2) is 58.5 Å². The second-order valence-electron chi connectivity index (χ2n) is 4.97. The fourth-order valence-corrected chi connectivity index (χ4v) is 2.80. The molecule has 0 unspecified atom stereocenters. The molecule has 0 spiro atoms. The number of ether oxygens (including phenoxy) is 1. The highest BCUT2D eigenvalue weighted by molar-refractivity contribution is 7.85. The van der Waals surface area contributed by atoms with Gasteiger partial charge in [-0.2, -0.15) is 10.1 Å². The molecule has 1 amide bonds. The summed E-state index contributed by atoms with van der Waals surface area (Å²) in [5.74, 6) is -0.0761. The zero-order valence-electron chi connectivity index (χ0n) is 12.2. The van der Waals surface area contributed by atoms with Crippen molar-refractivity contribution < 1.29 is 22.5 Å². The maximum atomic E-state index is 11.8. The number of carbonyl (C=O) groups is 1. The van der Waals surface area contributed by atoms with Crippen molar-refractivity contribution >= 4 is 27.5 Å². The topological polar surface area (TPSA) is 125 Å². The quantitative estimate of drug-likeness (QED) is 0.834. The summed E-state index contributed by atoms with van der Waals surface area (Å²) < 4.78 is 40.1. The van der Waals surface area contributed by atoms with Crippen molar-refractivity contribution in [2.24, 2.45) is 10.8 Å². The summed E-state index contributed by atoms with van der Waals surface area (Å²) in [5.41, 5.74) is 5.61. The SMILES string of the molecule is NC1=NN(c2ccc(Oc3ccccc3)c(S(=O)(=O)[O-])c2)C(=O)C1. The predicted octanol–water partition coefficient (Wildman–Crippen LogP) is 1.39. The second-order valence-corrected chi connectivity index (χ2v) is 6.32. The van der Waals surface area contributed by atoms with Gasteiger partial charge in [-0.25, -0.2) is 8.42 Å². The van der Waals surface area contributed by atoms with Crippen LogP contribution in [0.4, 0.5) is 5.69 Å². The molecule has 0 atom stereocenters. The second kappa shape index (κ2) is 5.95. The van der Waals surface area contributed by atoms with Crippen molar-refractivity contribution in [3.05, 3.63) is 48.5 Å². The molecule has 1 heterocycles. The fraction of sp³-hybridized carbons (Fsp3) is 0.0667. The number of carbonyl (C=O) groups excluding carboxylic acids is 1. The Balaban J connectivity index is 2.04. The van der Waals surface area contributed by atoms with Gasteiger partial charge in [-0.1, -0.05) is 18.2 Å². The number of benzene rings is 2. The molecule has 0 bridgehead atoms. The molecule has 0 aromatic heterocycles. The summed E-state index contributed by atoms with van der Waals surface area (Å²) in [5, 5.41) is 4.77. The van der Waals surface area contributed by atoms with E-state index in [9.17, 15) is 17.8 Å². The summed E-state index contributed by atoms with van der Waals surface area (Å²) in [6, 6.07) is 12.2. The van der Waals surface area contributed by atoms with E-state index in [1.165, 1.54) is 12.1 Å². The van der Waals surface area contributed by atoms with E-state index in [0.717, 1.165) is 11.1 Å². The molecule has 9 heteroatoms. The maximum Gasteiger partial charge on any atom is 0.255 e. The van der Waals surface area contributed by atoms with E-state index in [1.807, 2.05) is 0 Å². The number of para-hydroxylation sites is 1. The largest absolute Gasteiger partial charge is 0.744 e. The molecule has 2 aromatic rings. The molecule has 0 aliphatic carbocycles. The molecule has 24 heavy (non-hydrogen) atoms. The third-order valence-corrected chi connectivity index (χ3v) is 4.07. The number of amides is 1. The minimum Gasteiger partial charge on any atom is -0.744 e. The lowest BCUT2D eigenvalue weighted by molar-refractivity contribution is -0.116. The molecule has 0 saturated carbocycles. The zero-order valence-corrected chi connectivity index (χ0v) is 13.1. The first-order valence-electron chi connectivity index (χ1n) is 6.83. The standard InChI is InChI=1S/C15H13N3O5S/c16-14-9-15(19)18(17-14)10-6-7-12(13(8-10)24(20,21)22)23-11-4-2-1-3-5-11/h1-8H,9H2,(H2,16,17)(H,20,21,22)/p-1. The summed E-state index contributed by atoms with van der Waals surface area (Å²) in [6.07, 6.45) is -0.0677. The lowest BCUT2D eigenvalue weighted by atomic mass is 10.2. The van der Waals surface area contributed by atoms with Gasteiger partial charge in [-0.3, -0.25) is 4.79 Å². The van der Waals surface area contributed by atoms with Crippen molar-refractivity contribution in [1.82, 2.24) is 0 Å². The fourth-order valence-electron chi connectivity index (χ4n) is 2.17. The number of hydrogen-bond donors (Lipinski definition) is 1. The van der Waals surface area contributed by atoms with Crippen molar-refractivity contribution in [3.8, 4) is 11.5 Å². The van der Waals surface area contributed by atoms with Gasteiger partial charge in [0.15, 0.2) is 0 Å². The average molecular weight is 346 g/mol. The molecule has 0 radical (unpaired) electrons. The molecule has 1 aliphatic rings. The number of rotatable bonds is 4. The maximum absolute atomic E-state index is 11.8. The molecule has 1 aliphatic heterocycles. The number of hydrazone groups is 1. The Morgan fingerprint density at radius 3 is 2.46 bits per heavy atom. The first-order chi connectivity index (χ1) is 11.3. The molecule has 3 rings (SSSR count). The smallest absolute Gasteiger partial charge is 0.255 e. The molecule has 0 saturated heterocycles. The molecule has 0 fully saturated rings. The van der Waals surface area contributed by atoms with E-state index in [2.05, 4.69) is 5.10 Å². The monoisotopic (exact) mass is 346 g/mol. The lowest BCUT2D eigenvalue weighted by Crippen LogP contribution is -2.20. The molecule has 8 nitrogen and oxygen atoms in total. The summed E-state index contributed by atoms with van der Waals surface area (Å²) in [4.78, 5) is 11.2. The molecule has 124 valence electrons. The Morgan fingerprint density at radius 1 is 1.17 bits per heavy atom. The number of nitrogens with two attached hydrogens (primary N) is 1. The van der Waals surface area contributed by atoms with E-state index in [-0.39, 0.29) is 23.7 Å². The Labute approximate surface area is 137 Å². The minimum absolute atomic E-state index is 0.0677. The van der Waals surface area contributed by atoms with Gasteiger partial charge in [-0.15, -0.1) is 0 Å². The zero-order chi connectivity index (χ0) is 17.3. The van der Waals surface area contributed by atoms with Crippen molar-refractivity contribution in [2.45, 2.75) is 11.3 Å². The normalized spacial score (nSPS) is 14.6. The van der Waals surface area contributed by atoms with Crippen LogP contribution in [0.25, 0.3) is 0 Å². The van der Waals surface area contributed by atoms with Crippen molar-refractivity contribution in [2.75, 3.05) is 5.01 Å². The third kappa shape index (κ3) is 3.21. The van der Waals surface area contributed by atoms with E-state index >= 15 is 0 Å². The highest BCUT2D eigenvalue weighted by atomic mass is 32.2. The van der Waals surface area contributed by atoms with Crippen LogP contribution in [0.2, 0.25) is 0 Å². The average Bonchev–Trinajstić information content (AvgIpc) is 2.86. The van der Waals surface area contributed by atoms with Gasteiger partial charge in [0.2, 0.25) is 0 Å². The Kier molecular flexibility index (Phi) is 3.96. The number of nitrogens with zero attached hydrogens (tertiary/aromatic N) is 2. The van der Waals surface area contributed by atoms with Crippen LogP contribution < -0.4 is 15.5 Å². The first-order valence-corrected chi connectivity index (χ1v) is 8.24. The Morgan fingerprint density at radius 2 is 1.88 bits per heavy atom. The minimum atomic E-state index is -4.83. The van der Waals surface area contributed by atoms with Gasteiger partial charge in [-0.05, 0) is 30.3 Å². The van der Waals surface area contributed by atoms with Gasteiger partial charge >= 0.3 is 0 Å². The number of anilines is 1. The third-order valence-electron chi connectivity index (χ3n) is 3.21. The highest BCUT2D eigenvalue weighted by Gasteiger charge is 2.25. The van der Waals surface area contributed by atoms with Crippen LogP contribution in [-0.4, -0.2) is 24.7 Å². The summed E-state index contributed by atoms with van der Waals surface area (Å²) in [6.45, 7) is 0. The van der Waals surface area contributed by atoms with Crippen LogP contribution in [0.1, 0.15) is 6.42 Å². The van der Waals surface area contributed by atoms with Crippen LogP contribution in [0.5, 0.6) is 11.5 Å². The van der Waals surface area contributed by atoms with Crippen LogP contribution in [-0.2, 0) is 14.9 Å². The predicted molar refractivity (Wildman–Crippen MR) is 84.6 cm³/mol. The van der Waals surface area contributed by atoms with Gasteiger partial charge in [0.1, 0.15) is 27.5 Å². The van der Waals surface area contributed by atoms with E-state index < -0.39 is 20.9 Å².